The number of rotatable bonds is 5. The third kappa shape index (κ3) is 3.37. The summed E-state index contributed by atoms with van der Waals surface area (Å²) < 4.78 is 26.3. The van der Waals surface area contributed by atoms with E-state index in [1.165, 1.54) is 22.5 Å². The Hall–Kier alpha value is -1.15. The molecule has 1 unspecified atom stereocenters. The summed E-state index contributed by atoms with van der Waals surface area (Å²) in [4.78, 5) is 10.9. The Morgan fingerprint density at radius 2 is 2.14 bits per heavy atom. The first-order chi connectivity index (χ1) is 9.86. The van der Waals surface area contributed by atoms with Crippen molar-refractivity contribution in [2.24, 2.45) is 5.92 Å². The highest BCUT2D eigenvalue weighted by atomic mass is 35.5. The second kappa shape index (κ2) is 6.31. The van der Waals surface area contributed by atoms with Gasteiger partial charge in [0.25, 0.3) is 0 Å². The summed E-state index contributed by atoms with van der Waals surface area (Å²) in [5.74, 6) is -1.05. The fourth-order valence-corrected chi connectivity index (χ4v) is 4.30. The lowest BCUT2D eigenvalue weighted by Gasteiger charge is -2.17. The third-order valence-corrected chi connectivity index (χ3v) is 5.77. The van der Waals surface area contributed by atoms with E-state index >= 15 is 0 Å². The van der Waals surface area contributed by atoms with Gasteiger partial charge >= 0.3 is 5.97 Å². The highest BCUT2D eigenvalue weighted by Gasteiger charge is 2.32. The van der Waals surface area contributed by atoms with Gasteiger partial charge in [-0.05, 0) is 37.0 Å². The Balaban J connectivity index is 2.24. The molecule has 1 aromatic carbocycles. The third-order valence-electron chi connectivity index (χ3n) is 3.59. The van der Waals surface area contributed by atoms with Gasteiger partial charge in [-0.1, -0.05) is 11.6 Å². The predicted octanol–water partition coefficient (Wildman–Crippen LogP) is 1.43. The van der Waals surface area contributed by atoms with Crippen molar-refractivity contribution in [3.8, 4) is 0 Å². The Morgan fingerprint density at radius 1 is 1.43 bits per heavy atom. The molecule has 0 aliphatic carbocycles. The van der Waals surface area contributed by atoms with Crippen molar-refractivity contribution < 1.29 is 23.4 Å². The molecule has 0 radical (unpaired) electrons. The van der Waals surface area contributed by atoms with Gasteiger partial charge in [0, 0.05) is 19.7 Å². The SMILES string of the molecule is O=C(O)c1ccc(S(=O)(=O)N2CCC(CCO)C2)cc1Cl. The zero-order chi connectivity index (χ0) is 15.6. The lowest BCUT2D eigenvalue weighted by atomic mass is 10.1. The Labute approximate surface area is 128 Å². The molecule has 2 N–H and O–H groups in total. The van der Waals surface area contributed by atoms with Crippen molar-refractivity contribution in [2.45, 2.75) is 17.7 Å². The first-order valence-electron chi connectivity index (χ1n) is 6.50. The number of aliphatic hydroxyl groups excluding tert-OH is 1. The Kier molecular flexibility index (Phi) is 4.88. The molecule has 0 bridgehead atoms. The molecule has 2 rings (SSSR count). The molecule has 1 aliphatic rings. The molecule has 1 aromatic rings. The van der Waals surface area contributed by atoms with E-state index in [1.807, 2.05) is 0 Å². The van der Waals surface area contributed by atoms with E-state index in [0.29, 0.717) is 25.9 Å². The lowest BCUT2D eigenvalue weighted by Crippen LogP contribution is -2.29. The number of hydrogen-bond acceptors (Lipinski definition) is 4. The smallest absolute Gasteiger partial charge is 0.337 e. The van der Waals surface area contributed by atoms with Crippen LogP contribution in [0.2, 0.25) is 5.02 Å². The van der Waals surface area contributed by atoms with Crippen LogP contribution >= 0.6 is 11.6 Å². The van der Waals surface area contributed by atoms with Gasteiger partial charge in [-0.3, -0.25) is 0 Å². The number of sulfonamides is 1. The molecule has 1 aliphatic heterocycles. The molecule has 1 fully saturated rings. The van der Waals surface area contributed by atoms with Crippen LogP contribution in [0, 0.1) is 5.92 Å². The minimum atomic E-state index is -3.68. The molecule has 116 valence electrons. The van der Waals surface area contributed by atoms with Gasteiger partial charge in [0.1, 0.15) is 0 Å². The molecule has 6 nitrogen and oxygen atoms in total. The summed E-state index contributed by atoms with van der Waals surface area (Å²) in [6.07, 6.45) is 1.28. The Bertz CT molecular complexity index is 646. The monoisotopic (exact) mass is 333 g/mol. The molecule has 1 heterocycles. The predicted molar refractivity (Wildman–Crippen MR) is 77.0 cm³/mol. The summed E-state index contributed by atoms with van der Waals surface area (Å²) in [7, 11) is -3.68. The minimum absolute atomic E-state index is 0.0119. The van der Waals surface area contributed by atoms with E-state index in [9.17, 15) is 13.2 Å². The van der Waals surface area contributed by atoms with Crippen molar-refractivity contribution in [3.05, 3.63) is 28.8 Å². The topological polar surface area (TPSA) is 94.9 Å². The fraction of sp³-hybridized carbons (Fsp3) is 0.462. The summed E-state index contributed by atoms with van der Waals surface area (Å²) in [6.45, 7) is 0.796. The first-order valence-corrected chi connectivity index (χ1v) is 8.32. The average Bonchev–Trinajstić information content (AvgIpc) is 2.88. The zero-order valence-corrected chi connectivity index (χ0v) is 12.8. The molecule has 8 heteroatoms. The zero-order valence-electron chi connectivity index (χ0n) is 11.2. The number of carbonyl (C=O) groups is 1. The molecule has 0 spiro atoms. The molecule has 1 atom stereocenters. The van der Waals surface area contributed by atoms with Crippen molar-refractivity contribution in [1.29, 1.82) is 0 Å². The molecular weight excluding hydrogens is 318 g/mol. The van der Waals surface area contributed by atoms with Gasteiger partial charge in [-0.25, -0.2) is 13.2 Å². The van der Waals surface area contributed by atoms with Gasteiger partial charge in [0.15, 0.2) is 0 Å². The molecular formula is C13H16ClNO5S. The summed E-state index contributed by atoms with van der Waals surface area (Å²) >= 11 is 5.82. The van der Waals surface area contributed by atoms with Crippen molar-refractivity contribution in [2.75, 3.05) is 19.7 Å². The van der Waals surface area contributed by atoms with Crippen molar-refractivity contribution in [1.82, 2.24) is 4.31 Å². The molecule has 0 aromatic heterocycles. The van der Waals surface area contributed by atoms with Gasteiger partial charge < -0.3 is 10.2 Å². The number of carboxylic acid groups (broad SMARTS) is 1. The van der Waals surface area contributed by atoms with Gasteiger partial charge in [0.05, 0.1) is 15.5 Å². The number of aliphatic hydroxyl groups is 1. The number of halogens is 1. The maximum Gasteiger partial charge on any atom is 0.337 e. The van der Waals surface area contributed by atoms with Crippen LogP contribution in [-0.4, -0.2) is 48.6 Å². The second-order valence-electron chi connectivity index (χ2n) is 4.98. The van der Waals surface area contributed by atoms with Crippen LogP contribution in [0.15, 0.2) is 23.1 Å². The Morgan fingerprint density at radius 3 is 2.71 bits per heavy atom. The molecule has 1 saturated heterocycles. The van der Waals surface area contributed by atoms with E-state index in [2.05, 4.69) is 0 Å². The van der Waals surface area contributed by atoms with Crippen molar-refractivity contribution >= 4 is 27.6 Å². The van der Waals surface area contributed by atoms with Crippen LogP contribution in [0.5, 0.6) is 0 Å². The maximum absolute atomic E-state index is 12.5. The van der Waals surface area contributed by atoms with Crippen LogP contribution in [-0.2, 0) is 10.0 Å². The summed E-state index contributed by atoms with van der Waals surface area (Å²) in [6, 6.07) is 3.61. The number of aromatic carboxylic acids is 1. The fourth-order valence-electron chi connectivity index (χ4n) is 2.41. The molecule has 0 saturated carbocycles. The highest BCUT2D eigenvalue weighted by Crippen LogP contribution is 2.28. The van der Waals surface area contributed by atoms with E-state index in [1.54, 1.807) is 0 Å². The van der Waals surface area contributed by atoms with Crippen molar-refractivity contribution in [3.63, 3.8) is 0 Å². The van der Waals surface area contributed by atoms with Gasteiger partial charge in [-0.2, -0.15) is 4.31 Å². The van der Waals surface area contributed by atoms with E-state index in [0.717, 1.165) is 0 Å². The van der Waals surface area contributed by atoms with Crippen LogP contribution in [0.25, 0.3) is 0 Å². The summed E-state index contributed by atoms with van der Waals surface area (Å²) in [5, 5.41) is 17.7. The summed E-state index contributed by atoms with van der Waals surface area (Å²) in [5.41, 5.74) is -0.129. The average molecular weight is 334 g/mol. The standard InChI is InChI=1S/C13H16ClNO5S/c14-12-7-10(1-2-11(12)13(17)18)21(19,20)15-5-3-9(8-15)4-6-16/h1-2,7,9,16H,3-6,8H2,(H,17,18). The van der Waals surface area contributed by atoms with Crippen LogP contribution in [0.1, 0.15) is 23.2 Å². The van der Waals surface area contributed by atoms with Gasteiger partial charge in [-0.15, -0.1) is 0 Å². The number of hydrogen-bond donors (Lipinski definition) is 2. The number of benzene rings is 1. The van der Waals surface area contributed by atoms with Crippen LogP contribution in [0.4, 0.5) is 0 Å². The quantitative estimate of drug-likeness (QED) is 0.850. The minimum Gasteiger partial charge on any atom is -0.478 e. The number of nitrogens with zero attached hydrogens (tertiary/aromatic N) is 1. The van der Waals surface area contributed by atoms with Crippen LogP contribution in [0.3, 0.4) is 0 Å². The molecule has 21 heavy (non-hydrogen) atoms. The highest BCUT2D eigenvalue weighted by molar-refractivity contribution is 7.89. The van der Waals surface area contributed by atoms with Gasteiger partial charge in [0.2, 0.25) is 10.0 Å². The van der Waals surface area contributed by atoms with E-state index in [4.69, 9.17) is 21.8 Å². The first kappa shape index (κ1) is 16.2. The lowest BCUT2D eigenvalue weighted by molar-refractivity contribution is 0.0697. The van der Waals surface area contributed by atoms with E-state index in [-0.39, 0.29) is 28.0 Å². The van der Waals surface area contributed by atoms with Crippen LogP contribution < -0.4 is 0 Å². The number of carboxylic acids is 1. The second-order valence-corrected chi connectivity index (χ2v) is 7.32. The molecule has 0 amide bonds. The van der Waals surface area contributed by atoms with E-state index < -0.39 is 16.0 Å². The largest absolute Gasteiger partial charge is 0.478 e. The maximum atomic E-state index is 12.5. The normalized spacial score (nSPS) is 19.8.